The quantitative estimate of drug-likeness (QED) is 0.708. The van der Waals surface area contributed by atoms with Crippen LogP contribution in [0.2, 0.25) is 0 Å². The largest absolute Gasteiger partial charge is 0.354 e. The van der Waals surface area contributed by atoms with E-state index in [0.29, 0.717) is 13.0 Å². The fraction of sp³-hybridized carbons (Fsp3) is 0.556. The van der Waals surface area contributed by atoms with Crippen molar-refractivity contribution in [2.24, 2.45) is 5.92 Å². The Morgan fingerprint density at radius 3 is 2.61 bits per heavy atom. The van der Waals surface area contributed by atoms with Crippen molar-refractivity contribution in [3.05, 3.63) is 35.4 Å². The first-order valence-electron chi connectivity index (χ1n) is 8.51. The van der Waals surface area contributed by atoms with Crippen LogP contribution in [-0.4, -0.2) is 30.4 Å². The van der Waals surface area contributed by atoms with Gasteiger partial charge in [-0.2, -0.15) is 0 Å². The van der Waals surface area contributed by atoms with Crippen LogP contribution in [0.25, 0.3) is 0 Å². The van der Waals surface area contributed by atoms with E-state index < -0.39 is 6.04 Å². The Bertz CT molecular complexity index is 557. The van der Waals surface area contributed by atoms with Crippen LogP contribution in [0, 0.1) is 5.92 Å². The first-order chi connectivity index (χ1) is 11.0. The third kappa shape index (κ3) is 4.55. The van der Waals surface area contributed by atoms with Crippen molar-refractivity contribution in [3.8, 4) is 0 Å². The Labute approximate surface area is 138 Å². The Kier molecular flexibility index (Phi) is 6.16. The van der Waals surface area contributed by atoms with Gasteiger partial charge in [-0.15, -0.1) is 0 Å². The second-order valence-electron chi connectivity index (χ2n) is 6.54. The standard InChI is InChI=1S/C18H27N3O2/c1-4-9-19-18(23)16(12(2)3)21-17(22)15-10-13-7-5-6-8-14(13)11-20-15/h5-8,12,15-16,20H,4,9-11H2,1-3H3,(H,19,23)(H,21,22)/p+1/t15-,16-/m0/s1. The van der Waals surface area contributed by atoms with Crippen LogP contribution in [-0.2, 0) is 22.6 Å². The maximum Gasteiger partial charge on any atom is 0.279 e. The van der Waals surface area contributed by atoms with Crippen molar-refractivity contribution in [2.75, 3.05) is 6.54 Å². The molecule has 0 saturated heterocycles. The van der Waals surface area contributed by atoms with Gasteiger partial charge in [0, 0.05) is 18.5 Å². The molecule has 1 aliphatic heterocycles. The van der Waals surface area contributed by atoms with Gasteiger partial charge in [0.2, 0.25) is 5.91 Å². The Morgan fingerprint density at radius 2 is 1.96 bits per heavy atom. The smallest absolute Gasteiger partial charge is 0.279 e. The molecule has 5 nitrogen and oxygen atoms in total. The van der Waals surface area contributed by atoms with Gasteiger partial charge in [-0.3, -0.25) is 9.59 Å². The molecule has 0 aromatic heterocycles. The number of nitrogens with one attached hydrogen (secondary N) is 2. The minimum Gasteiger partial charge on any atom is -0.354 e. The molecule has 2 rings (SSSR count). The summed E-state index contributed by atoms with van der Waals surface area (Å²) in [6.45, 7) is 7.37. The van der Waals surface area contributed by atoms with E-state index in [9.17, 15) is 9.59 Å². The summed E-state index contributed by atoms with van der Waals surface area (Å²) in [5, 5.41) is 7.87. The number of benzene rings is 1. The number of amides is 2. The van der Waals surface area contributed by atoms with E-state index in [0.717, 1.165) is 13.0 Å². The Balaban J connectivity index is 1.98. The van der Waals surface area contributed by atoms with Gasteiger partial charge in [0.05, 0.1) is 0 Å². The predicted molar refractivity (Wildman–Crippen MR) is 89.6 cm³/mol. The molecule has 5 heteroatoms. The summed E-state index contributed by atoms with van der Waals surface area (Å²) >= 11 is 0. The highest BCUT2D eigenvalue weighted by molar-refractivity contribution is 5.89. The molecule has 2 atom stereocenters. The van der Waals surface area contributed by atoms with Crippen LogP contribution >= 0.6 is 0 Å². The van der Waals surface area contributed by atoms with E-state index in [1.165, 1.54) is 11.1 Å². The van der Waals surface area contributed by atoms with Crippen LogP contribution in [0.1, 0.15) is 38.3 Å². The average Bonchev–Trinajstić information content (AvgIpc) is 2.56. The maximum absolute atomic E-state index is 12.6. The highest BCUT2D eigenvalue weighted by atomic mass is 16.2. The lowest BCUT2D eigenvalue weighted by molar-refractivity contribution is -0.695. The van der Waals surface area contributed by atoms with Gasteiger partial charge >= 0.3 is 0 Å². The highest BCUT2D eigenvalue weighted by Gasteiger charge is 2.31. The van der Waals surface area contributed by atoms with Crippen molar-refractivity contribution in [3.63, 3.8) is 0 Å². The molecule has 1 heterocycles. The van der Waals surface area contributed by atoms with E-state index in [2.05, 4.69) is 28.1 Å². The van der Waals surface area contributed by atoms with Gasteiger partial charge in [-0.05, 0) is 17.9 Å². The van der Waals surface area contributed by atoms with Gasteiger partial charge in [-0.25, -0.2) is 0 Å². The topological polar surface area (TPSA) is 74.8 Å². The van der Waals surface area contributed by atoms with Gasteiger partial charge in [0.15, 0.2) is 6.04 Å². The number of carbonyl (C=O) groups excluding carboxylic acids is 2. The molecule has 0 unspecified atom stereocenters. The van der Waals surface area contributed by atoms with Gasteiger partial charge in [0.25, 0.3) is 5.91 Å². The van der Waals surface area contributed by atoms with Crippen LogP contribution in [0.5, 0.6) is 0 Å². The molecule has 0 spiro atoms. The maximum atomic E-state index is 12.6. The Hall–Kier alpha value is -1.88. The summed E-state index contributed by atoms with van der Waals surface area (Å²) < 4.78 is 0. The number of hydrogen-bond acceptors (Lipinski definition) is 2. The molecule has 0 radical (unpaired) electrons. The van der Waals surface area contributed by atoms with Gasteiger partial charge in [0.1, 0.15) is 12.6 Å². The monoisotopic (exact) mass is 318 g/mol. The van der Waals surface area contributed by atoms with Crippen molar-refractivity contribution < 1.29 is 14.9 Å². The third-order valence-electron chi connectivity index (χ3n) is 4.31. The van der Waals surface area contributed by atoms with E-state index in [-0.39, 0.29) is 23.8 Å². The lowest BCUT2D eigenvalue weighted by Gasteiger charge is -2.26. The molecule has 126 valence electrons. The number of fused-ring (bicyclic) bond motifs is 1. The normalized spacial score (nSPS) is 18.2. The molecule has 0 saturated carbocycles. The van der Waals surface area contributed by atoms with Crippen LogP contribution in [0.15, 0.2) is 24.3 Å². The van der Waals surface area contributed by atoms with E-state index in [4.69, 9.17) is 0 Å². The number of nitrogens with two attached hydrogens (primary N) is 1. The van der Waals surface area contributed by atoms with Crippen LogP contribution in [0.3, 0.4) is 0 Å². The van der Waals surface area contributed by atoms with E-state index in [1.54, 1.807) is 0 Å². The van der Waals surface area contributed by atoms with Gasteiger partial charge in [-0.1, -0.05) is 45.0 Å². The lowest BCUT2D eigenvalue weighted by atomic mass is 9.95. The first kappa shape index (κ1) is 17.5. The molecule has 0 fully saturated rings. The zero-order chi connectivity index (χ0) is 16.8. The molecule has 2 amide bonds. The fourth-order valence-electron chi connectivity index (χ4n) is 2.90. The molecule has 1 aromatic carbocycles. The minimum atomic E-state index is -0.473. The van der Waals surface area contributed by atoms with Crippen molar-refractivity contribution in [1.82, 2.24) is 10.6 Å². The van der Waals surface area contributed by atoms with Gasteiger partial charge < -0.3 is 16.0 Å². The van der Waals surface area contributed by atoms with Crippen molar-refractivity contribution in [2.45, 2.75) is 52.2 Å². The minimum absolute atomic E-state index is 0.0511. The molecule has 1 aromatic rings. The predicted octanol–water partition coefficient (Wildman–Crippen LogP) is 0.342. The van der Waals surface area contributed by atoms with Crippen LogP contribution in [0.4, 0.5) is 0 Å². The molecule has 0 bridgehead atoms. The fourth-order valence-corrected chi connectivity index (χ4v) is 2.90. The number of rotatable bonds is 6. The zero-order valence-corrected chi connectivity index (χ0v) is 14.3. The van der Waals surface area contributed by atoms with E-state index >= 15 is 0 Å². The highest BCUT2D eigenvalue weighted by Crippen LogP contribution is 2.13. The van der Waals surface area contributed by atoms with E-state index in [1.807, 2.05) is 32.9 Å². The van der Waals surface area contributed by atoms with Crippen LogP contribution < -0.4 is 16.0 Å². The third-order valence-corrected chi connectivity index (χ3v) is 4.31. The number of carbonyl (C=O) groups is 2. The molecule has 23 heavy (non-hydrogen) atoms. The average molecular weight is 318 g/mol. The second-order valence-corrected chi connectivity index (χ2v) is 6.54. The summed E-state index contributed by atoms with van der Waals surface area (Å²) in [6, 6.07) is 7.59. The lowest BCUT2D eigenvalue weighted by Crippen LogP contribution is -2.93. The molecule has 1 aliphatic rings. The zero-order valence-electron chi connectivity index (χ0n) is 14.3. The summed E-state index contributed by atoms with van der Waals surface area (Å²) in [7, 11) is 0. The summed E-state index contributed by atoms with van der Waals surface area (Å²) in [5.41, 5.74) is 2.52. The molecular formula is C18H28N3O2+. The molecular weight excluding hydrogens is 290 g/mol. The summed E-state index contributed by atoms with van der Waals surface area (Å²) in [4.78, 5) is 24.8. The van der Waals surface area contributed by atoms with Crippen molar-refractivity contribution >= 4 is 11.8 Å². The SMILES string of the molecule is CCCNC(=O)[C@@H](NC(=O)[C@@H]1Cc2ccccc2C[NH2+]1)C(C)C. The second kappa shape index (κ2) is 8.11. The number of hydrogen-bond donors (Lipinski definition) is 3. The Morgan fingerprint density at radius 1 is 1.26 bits per heavy atom. The first-order valence-corrected chi connectivity index (χ1v) is 8.51. The summed E-state index contributed by atoms with van der Waals surface area (Å²) in [5.74, 6) is -0.0806. The summed E-state index contributed by atoms with van der Waals surface area (Å²) in [6.07, 6.45) is 1.60. The molecule has 0 aliphatic carbocycles. The number of quaternary nitrogens is 1. The van der Waals surface area contributed by atoms with Crippen molar-refractivity contribution in [1.29, 1.82) is 0 Å². The molecule has 4 N–H and O–H groups in total.